The first-order chi connectivity index (χ1) is 13.2. The van der Waals surface area contributed by atoms with Crippen molar-refractivity contribution < 1.29 is 19.0 Å². The van der Waals surface area contributed by atoms with E-state index in [4.69, 9.17) is 14.2 Å². The van der Waals surface area contributed by atoms with E-state index < -0.39 is 0 Å². The van der Waals surface area contributed by atoms with Crippen LogP contribution in [0.1, 0.15) is 37.5 Å². The van der Waals surface area contributed by atoms with E-state index in [1.165, 1.54) is 34.2 Å². The maximum Gasteiger partial charge on any atom is 0.319 e. The lowest BCUT2D eigenvalue weighted by Crippen LogP contribution is -2.30. The van der Waals surface area contributed by atoms with E-state index in [2.05, 4.69) is 26.2 Å². The summed E-state index contributed by atoms with van der Waals surface area (Å²) < 4.78 is 17.7. The second kappa shape index (κ2) is 8.56. The van der Waals surface area contributed by atoms with E-state index >= 15 is 0 Å². The molecular formula is C17H24N6O4. The highest BCUT2D eigenvalue weighted by atomic mass is 16.5. The number of ether oxygens (including phenoxy) is 3. The Hall–Kier alpha value is -3.04. The van der Waals surface area contributed by atoms with Crippen LogP contribution in [0, 0.1) is 0 Å². The Bertz CT molecular complexity index is 762. The van der Waals surface area contributed by atoms with Crippen molar-refractivity contribution >= 4 is 11.7 Å². The van der Waals surface area contributed by atoms with E-state index in [0.29, 0.717) is 34.8 Å². The van der Waals surface area contributed by atoms with E-state index in [0.717, 1.165) is 12.8 Å². The van der Waals surface area contributed by atoms with E-state index in [1.807, 2.05) is 4.68 Å². The van der Waals surface area contributed by atoms with Crippen molar-refractivity contribution in [2.24, 2.45) is 0 Å². The number of hydrogen-bond donors (Lipinski definition) is 2. The van der Waals surface area contributed by atoms with E-state index in [1.54, 1.807) is 12.1 Å². The van der Waals surface area contributed by atoms with Crippen LogP contribution in [-0.2, 0) is 6.54 Å². The molecule has 1 aliphatic carbocycles. The first-order valence-electron chi connectivity index (χ1n) is 8.77. The van der Waals surface area contributed by atoms with Gasteiger partial charge in [0.05, 0.1) is 39.6 Å². The van der Waals surface area contributed by atoms with Crippen LogP contribution >= 0.6 is 0 Å². The minimum Gasteiger partial charge on any atom is -0.493 e. The fourth-order valence-electron chi connectivity index (χ4n) is 3.25. The third kappa shape index (κ3) is 4.21. The zero-order valence-corrected chi connectivity index (χ0v) is 15.7. The number of tetrazole rings is 1. The molecule has 1 aliphatic rings. The number of urea groups is 1. The maximum absolute atomic E-state index is 12.3. The molecule has 1 aromatic carbocycles. The summed E-state index contributed by atoms with van der Waals surface area (Å²) >= 11 is 0. The molecule has 2 aromatic rings. The van der Waals surface area contributed by atoms with Gasteiger partial charge in [-0.3, -0.25) is 0 Å². The third-order valence-corrected chi connectivity index (χ3v) is 4.56. The van der Waals surface area contributed by atoms with Gasteiger partial charge >= 0.3 is 6.03 Å². The zero-order valence-electron chi connectivity index (χ0n) is 15.7. The fourth-order valence-corrected chi connectivity index (χ4v) is 3.25. The van der Waals surface area contributed by atoms with Gasteiger partial charge in [0.1, 0.15) is 0 Å². The standard InChI is InChI=1S/C17H24N6O4/c1-25-13-8-11(9-14(26-2)16(13)27-3)19-17(24)18-10-15-20-21-22-23(15)12-6-4-5-7-12/h8-9,12H,4-7,10H2,1-3H3,(H2,18,19,24). The highest BCUT2D eigenvalue weighted by molar-refractivity contribution is 5.90. The van der Waals surface area contributed by atoms with E-state index in [-0.39, 0.29) is 12.6 Å². The van der Waals surface area contributed by atoms with Crippen molar-refractivity contribution in [3.63, 3.8) is 0 Å². The Kier molecular flexibility index (Phi) is 5.94. The number of anilines is 1. The number of rotatable bonds is 7. The number of benzene rings is 1. The maximum atomic E-state index is 12.3. The summed E-state index contributed by atoms with van der Waals surface area (Å²) in [6.07, 6.45) is 4.49. The zero-order chi connectivity index (χ0) is 19.2. The Labute approximate surface area is 157 Å². The van der Waals surface area contributed by atoms with E-state index in [9.17, 15) is 4.79 Å². The third-order valence-electron chi connectivity index (χ3n) is 4.56. The van der Waals surface area contributed by atoms with Crippen LogP contribution in [0.4, 0.5) is 10.5 Å². The van der Waals surface area contributed by atoms with Crippen molar-refractivity contribution in [1.82, 2.24) is 25.5 Å². The van der Waals surface area contributed by atoms with Gasteiger partial charge in [0.2, 0.25) is 5.75 Å². The largest absolute Gasteiger partial charge is 0.493 e. The highest BCUT2D eigenvalue weighted by Crippen LogP contribution is 2.39. The number of amides is 2. The lowest BCUT2D eigenvalue weighted by atomic mass is 10.2. The summed E-state index contributed by atoms with van der Waals surface area (Å²) in [4.78, 5) is 12.3. The van der Waals surface area contributed by atoms with Gasteiger partial charge < -0.3 is 24.8 Å². The predicted molar refractivity (Wildman–Crippen MR) is 97.3 cm³/mol. The molecule has 2 amide bonds. The predicted octanol–water partition coefficient (Wildman–Crippen LogP) is 2.14. The summed E-state index contributed by atoms with van der Waals surface area (Å²) in [5, 5.41) is 17.3. The van der Waals surface area contributed by atoms with Crippen LogP contribution in [-0.4, -0.2) is 47.6 Å². The van der Waals surface area contributed by atoms with Gasteiger partial charge in [-0.15, -0.1) is 5.10 Å². The lowest BCUT2D eigenvalue weighted by molar-refractivity contribution is 0.251. The smallest absolute Gasteiger partial charge is 0.319 e. The van der Waals surface area contributed by atoms with Crippen molar-refractivity contribution in [2.45, 2.75) is 38.3 Å². The first-order valence-corrected chi connectivity index (χ1v) is 8.77. The second-order valence-corrected chi connectivity index (χ2v) is 6.20. The number of nitrogens with zero attached hydrogens (tertiary/aromatic N) is 4. The summed E-state index contributed by atoms with van der Waals surface area (Å²) in [6, 6.07) is 3.24. The Morgan fingerprint density at radius 1 is 1.15 bits per heavy atom. The van der Waals surface area contributed by atoms with Gasteiger partial charge in [-0.05, 0) is 23.3 Å². The number of methoxy groups -OCH3 is 3. The molecule has 0 atom stereocenters. The molecule has 1 aromatic heterocycles. The molecule has 1 heterocycles. The molecule has 3 rings (SSSR count). The van der Waals surface area contributed by atoms with Crippen LogP contribution in [0.25, 0.3) is 0 Å². The summed E-state index contributed by atoms with van der Waals surface area (Å²) in [5.74, 6) is 2.01. The monoisotopic (exact) mass is 376 g/mol. The first kappa shape index (κ1) is 18.7. The molecule has 0 radical (unpaired) electrons. The van der Waals surface area contributed by atoms with Gasteiger partial charge in [-0.1, -0.05) is 12.8 Å². The molecule has 1 saturated carbocycles. The number of carbonyl (C=O) groups excluding carboxylic acids is 1. The molecule has 146 valence electrons. The normalized spacial score (nSPS) is 14.0. The summed E-state index contributed by atoms with van der Waals surface area (Å²) in [6.45, 7) is 0.236. The molecule has 0 aliphatic heterocycles. The van der Waals surface area contributed by atoms with Crippen LogP contribution < -0.4 is 24.8 Å². The second-order valence-electron chi connectivity index (χ2n) is 6.20. The minimum atomic E-state index is -0.384. The van der Waals surface area contributed by atoms with Gasteiger partial charge in [0, 0.05) is 12.1 Å². The van der Waals surface area contributed by atoms with Gasteiger partial charge in [0.25, 0.3) is 0 Å². The molecular weight excluding hydrogens is 352 g/mol. The fraction of sp³-hybridized carbons (Fsp3) is 0.529. The molecule has 0 saturated heterocycles. The number of carbonyl (C=O) groups is 1. The van der Waals surface area contributed by atoms with Gasteiger partial charge in [-0.2, -0.15) is 0 Å². The van der Waals surface area contributed by atoms with Gasteiger partial charge in [0.15, 0.2) is 17.3 Å². The molecule has 10 nitrogen and oxygen atoms in total. The topological polar surface area (TPSA) is 112 Å². The molecule has 0 unspecified atom stereocenters. The summed E-state index contributed by atoms with van der Waals surface area (Å²) in [7, 11) is 4.56. The minimum absolute atomic E-state index is 0.236. The van der Waals surface area contributed by atoms with Crippen LogP contribution in [0.15, 0.2) is 12.1 Å². The Morgan fingerprint density at radius 2 is 1.81 bits per heavy atom. The average Bonchev–Trinajstić information content (AvgIpc) is 3.36. The van der Waals surface area contributed by atoms with Crippen molar-refractivity contribution in [3.8, 4) is 17.2 Å². The number of nitrogens with one attached hydrogen (secondary N) is 2. The number of hydrogen-bond acceptors (Lipinski definition) is 7. The number of aromatic nitrogens is 4. The molecule has 0 bridgehead atoms. The lowest BCUT2D eigenvalue weighted by Gasteiger charge is -2.15. The Balaban J connectivity index is 1.64. The van der Waals surface area contributed by atoms with Gasteiger partial charge in [-0.25, -0.2) is 9.48 Å². The van der Waals surface area contributed by atoms with Crippen molar-refractivity contribution in [1.29, 1.82) is 0 Å². The van der Waals surface area contributed by atoms with Crippen molar-refractivity contribution in [2.75, 3.05) is 26.6 Å². The molecule has 1 fully saturated rings. The van der Waals surface area contributed by atoms with Crippen LogP contribution in [0.3, 0.4) is 0 Å². The molecule has 2 N–H and O–H groups in total. The molecule has 27 heavy (non-hydrogen) atoms. The average molecular weight is 376 g/mol. The summed E-state index contributed by atoms with van der Waals surface area (Å²) in [5.41, 5.74) is 0.511. The molecule has 0 spiro atoms. The quantitative estimate of drug-likeness (QED) is 0.761. The Morgan fingerprint density at radius 3 is 2.41 bits per heavy atom. The van der Waals surface area contributed by atoms with Crippen LogP contribution in [0.2, 0.25) is 0 Å². The van der Waals surface area contributed by atoms with Crippen LogP contribution in [0.5, 0.6) is 17.2 Å². The van der Waals surface area contributed by atoms with Crippen molar-refractivity contribution in [3.05, 3.63) is 18.0 Å². The molecule has 10 heteroatoms. The highest BCUT2D eigenvalue weighted by Gasteiger charge is 2.21. The SMILES string of the molecule is COc1cc(NC(=O)NCc2nnnn2C2CCCC2)cc(OC)c1OC.